The summed E-state index contributed by atoms with van der Waals surface area (Å²) in [5.41, 5.74) is 0.00894. The van der Waals surface area contributed by atoms with Gasteiger partial charge in [-0.05, 0) is 0 Å². The van der Waals surface area contributed by atoms with E-state index >= 15 is 0 Å². The molecule has 0 aliphatic rings. The average Bonchev–Trinajstić information content (AvgIpc) is 2.99. The molecule has 2 aromatic rings. The summed E-state index contributed by atoms with van der Waals surface area (Å²) < 4.78 is 0. The maximum Gasteiger partial charge on any atom is 0.287 e. The number of aromatic nitrogens is 4. The molecule has 3 N–H and O–H groups in total. The first kappa shape index (κ1) is 11.8. The molecule has 18 heavy (non-hydrogen) atoms. The van der Waals surface area contributed by atoms with Gasteiger partial charge in [0, 0.05) is 19.0 Å². The molecule has 0 aliphatic carbocycles. The van der Waals surface area contributed by atoms with Gasteiger partial charge in [-0.25, -0.2) is 4.98 Å². The Labute approximate surface area is 101 Å². The van der Waals surface area contributed by atoms with Crippen molar-refractivity contribution < 1.29 is 9.72 Å². The summed E-state index contributed by atoms with van der Waals surface area (Å²) >= 11 is 0. The van der Waals surface area contributed by atoms with Gasteiger partial charge in [0.15, 0.2) is 0 Å². The second-order valence-corrected chi connectivity index (χ2v) is 3.47. The molecular weight excluding hydrogens is 240 g/mol. The van der Waals surface area contributed by atoms with E-state index in [1.807, 2.05) is 0 Å². The zero-order chi connectivity index (χ0) is 13.0. The van der Waals surface area contributed by atoms with Gasteiger partial charge < -0.3 is 10.3 Å². The van der Waals surface area contributed by atoms with Crippen LogP contribution < -0.4 is 5.32 Å². The Morgan fingerprint density at radius 2 is 2.39 bits per heavy atom. The molecule has 0 aliphatic heterocycles. The standard InChI is InChI=1S/C9H10N6O3/c16-9(7-3-6(4-11-7)15(17)18)10-2-1-8-12-5-13-14-8/h3-5,11H,1-2H2,(H,10,16)(H,12,13,14). The number of carbonyl (C=O) groups excluding carboxylic acids is 1. The summed E-state index contributed by atoms with van der Waals surface area (Å²) in [5, 5.41) is 19.4. The molecule has 0 aromatic carbocycles. The number of rotatable bonds is 5. The molecule has 0 saturated carbocycles. The molecule has 0 fully saturated rings. The number of nitrogens with one attached hydrogen (secondary N) is 3. The predicted octanol–water partition coefficient (Wildman–Crippen LogP) is 0.0135. The number of nitro groups is 1. The van der Waals surface area contributed by atoms with Gasteiger partial charge in [0.25, 0.3) is 11.6 Å². The van der Waals surface area contributed by atoms with E-state index in [0.29, 0.717) is 18.8 Å². The lowest BCUT2D eigenvalue weighted by Gasteiger charge is -2.00. The number of hydrogen-bond acceptors (Lipinski definition) is 5. The quantitative estimate of drug-likeness (QED) is 0.508. The number of carbonyl (C=O) groups is 1. The highest BCUT2D eigenvalue weighted by molar-refractivity contribution is 5.93. The van der Waals surface area contributed by atoms with Crippen LogP contribution in [0.2, 0.25) is 0 Å². The van der Waals surface area contributed by atoms with E-state index < -0.39 is 10.8 Å². The van der Waals surface area contributed by atoms with Crippen molar-refractivity contribution >= 4 is 11.6 Å². The summed E-state index contributed by atoms with van der Waals surface area (Å²) in [4.78, 5) is 27.9. The van der Waals surface area contributed by atoms with Crippen molar-refractivity contribution in [3.05, 3.63) is 40.2 Å². The monoisotopic (exact) mass is 250 g/mol. The van der Waals surface area contributed by atoms with Crippen LogP contribution in [0, 0.1) is 10.1 Å². The molecular formula is C9H10N6O3. The van der Waals surface area contributed by atoms with Crippen LogP contribution in [0.3, 0.4) is 0 Å². The van der Waals surface area contributed by atoms with E-state index in [9.17, 15) is 14.9 Å². The van der Waals surface area contributed by atoms with Gasteiger partial charge in [0.1, 0.15) is 17.8 Å². The average molecular weight is 250 g/mol. The normalized spacial score (nSPS) is 10.2. The summed E-state index contributed by atoms with van der Waals surface area (Å²) in [5.74, 6) is 0.260. The fourth-order valence-corrected chi connectivity index (χ4v) is 1.36. The molecule has 94 valence electrons. The summed E-state index contributed by atoms with van der Waals surface area (Å²) in [6.45, 7) is 0.362. The molecule has 0 radical (unpaired) electrons. The SMILES string of the molecule is O=C(NCCc1ncn[nH]1)c1cc([N+](=O)[O-])c[nH]1. The first-order valence-corrected chi connectivity index (χ1v) is 5.12. The third-order valence-corrected chi connectivity index (χ3v) is 2.24. The predicted molar refractivity (Wildman–Crippen MR) is 59.9 cm³/mol. The van der Waals surface area contributed by atoms with Crippen molar-refractivity contribution in [2.45, 2.75) is 6.42 Å². The molecule has 9 nitrogen and oxygen atoms in total. The molecule has 0 saturated heterocycles. The van der Waals surface area contributed by atoms with Gasteiger partial charge in [-0.15, -0.1) is 0 Å². The Morgan fingerprint density at radius 3 is 3.00 bits per heavy atom. The molecule has 2 aromatic heterocycles. The van der Waals surface area contributed by atoms with E-state index in [-0.39, 0.29) is 11.4 Å². The fraction of sp³-hybridized carbons (Fsp3) is 0.222. The lowest BCUT2D eigenvalue weighted by Crippen LogP contribution is -2.26. The van der Waals surface area contributed by atoms with Gasteiger partial charge in [-0.2, -0.15) is 5.10 Å². The summed E-state index contributed by atoms with van der Waals surface area (Å²) in [7, 11) is 0. The topological polar surface area (TPSA) is 130 Å². The minimum atomic E-state index is -0.568. The molecule has 0 unspecified atom stereocenters. The van der Waals surface area contributed by atoms with Crippen molar-refractivity contribution in [2.75, 3.05) is 6.54 Å². The summed E-state index contributed by atoms with van der Waals surface area (Å²) in [6.07, 6.45) is 3.06. The minimum Gasteiger partial charge on any atom is -0.351 e. The first-order valence-electron chi connectivity index (χ1n) is 5.12. The van der Waals surface area contributed by atoms with E-state index in [1.54, 1.807) is 0 Å². The lowest BCUT2D eigenvalue weighted by atomic mass is 10.3. The minimum absolute atomic E-state index is 0.143. The van der Waals surface area contributed by atoms with Crippen LogP contribution in [0.25, 0.3) is 0 Å². The van der Waals surface area contributed by atoms with Crippen molar-refractivity contribution in [3.8, 4) is 0 Å². The second-order valence-electron chi connectivity index (χ2n) is 3.47. The maximum atomic E-state index is 11.6. The Bertz CT molecular complexity index is 546. The molecule has 2 heterocycles. The third kappa shape index (κ3) is 2.70. The van der Waals surface area contributed by atoms with Gasteiger partial charge in [-0.3, -0.25) is 20.0 Å². The van der Waals surface area contributed by atoms with E-state index in [4.69, 9.17) is 0 Å². The van der Waals surface area contributed by atoms with E-state index in [0.717, 1.165) is 0 Å². The smallest absolute Gasteiger partial charge is 0.287 e. The maximum absolute atomic E-state index is 11.6. The van der Waals surface area contributed by atoms with Crippen molar-refractivity contribution in [1.82, 2.24) is 25.5 Å². The number of aromatic amines is 2. The Morgan fingerprint density at radius 1 is 1.56 bits per heavy atom. The van der Waals surface area contributed by atoms with Crippen LogP contribution in [0.4, 0.5) is 5.69 Å². The molecule has 0 spiro atoms. The highest BCUT2D eigenvalue weighted by atomic mass is 16.6. The molecule has 0 atom stereocenters. The van der Waals surface area contributed by atoms with E-state index in [2.05, 4.69) is 25.5 Å². The van der Waals surface area contributed by atoms with Crippen LogP contribution in [-0.4, -0.2) is 37.5 Å². The van der Waals surface area contributed by atoms with Gasteiger partial charge in [0.05, 0.1) is 11.1 Å². The molecule has 2 rings (SSSR count). The Kier molecular flexibility index (Phi) is 3.32. The Hall–Kier alpha value is -2.71. The van der Waals surface area contributed by atoms with E-state index in [1.165, 1.54) is 18.6 Å². The number of nitrogens with zero attached hydrogens (tertiary/aromatic N) is 3. The highest BCUT2D eigenvalue weighted by Crippen LogP contribution is 2.11. The van der Waals surface area contributed by atoms with Crippen LogP contribution in [0.15, 0.2) is 18.6 Å². The lowest BCUT2D eigenvalue weighted by molar-refractivity contribution is -0.384. The molecule has 1 amide bonds. The van der Waals surface area contributed by atoms with Gasteiger partial charge in [-0.1, -0.05) is 0 Å². The number of amides is 1. The van der Waals surface area contributed by atoms with Crippen LogP contribution in [0.5, 0.6) is 0 Å². The van der Waals surface area contributed by atoms with Crippen molar-refractivity contribution in [3.63, 3.8) is 0 Å². The van der Waals surface area contributed by atoms with Crippen LogP contribution in [0.1, 0.15) is 16.3 Å². The molecule has 0 bridgehead atoms. The molecule has 9 heteroatoms. The zero-order valence-electron chi connectivity index (χ0n) is 9.21. The third-order valence-electron chi connectivity index (χ3n) is 2.24. The van der Waals surface area contributed by atoms with Crippen molar-refractivity contribution in [1.29, 1.82) is 0 Å². The Balaban J connectivity index is 1.85. The largest absolute Gasteiger partial charge is 0.351 e. The summed E-state index contributed by atoms with van der Waals surface area (Å²) in [6, 6.07) is 1.18. The van der Waals surface area contributed by atoms with Crippen LogP contribution >= 0.6 is 0 Å². The van der Waals surface area contributed by atoms with Gasteiger partial charge in [0.2, 0.25) is 0 Å². The second kappa shape index (κ2) is 5.08. The van der Waals surface area contributed by atoms with Crippen molar-refractivity contribution in [2.24, 2.45) is 0 Å². The number of hydrogen-bond donors (Lipinski definition) is 3. The number of H-pyrrole nitrogens is 2. The highest BCUT2D eigenvalue weighted by Gasteiger charge is 2.13. The van der Waals surface area contributed by atoms with Crippen LogP contribution in [-0.2, 0) is 6.42 Å². The zero-order valence-corrected chi connectivity index (χ0v) is 9.21. The fourth-order valence-electron chi connectivity index (χ4n) is 1.36. The van der Waals surface area contributed by atoms with Gasteiger partial charge >= 0.3 is 0 Å². The first-order chi connectivity index (χ1) is 8.66.